The first kappa shape index (κ1) is 15.3. The van der Waals surface area contributed by atoms with E-state index in [1.165, 1.54) is 11.3 Å². The third kappa shape index (κ3) is 4.76. The maximum absolute atomic E-state index is 11.7. The highest BCUT2D eigenvalue weighted by atomic mass is 32.1. The second-order valence-corrected chi connectivity index (χ2v) is 6.83. The Bertz CT molecular complexity index is 441. The van der Waals surface area contributed by atoms with Crippen molar-refractivity contribution in [2.45, 2.75) is 51.0 Å². The first-order chi connectivity index (χ1) is 9.57. The predicted octanol–water partition coefficient (Wildman–Crippen LogP) is 1.99. The van der Waals surface area contributed by atoms with Gasteiger partial charge in [-0.2, -0.15) is 0 Å². The standard InChI is InChI=1S/C14H23N3O2S/c1-11-9-16-12(20-11)5-8-15-13(18)17-10-14(19)6-3-2-4-7-14/h9,19H,2-8,10H2,1H3,(H2,15,17,18). The fourth-order valence-corrected chi connectivity index (χ4v) is 3.28. The molecule has 6 heteroatoms. The molecule has 20 heavy (non-hydrogen) atoms. The Morgan fingerprint density at radius 3 is 2.80 bits per heavy atom. The van der Waals surface area contributed by atoms with Crippen molar-refractivity contribution >= 4 is 17.4 Å². The molecule has 0 radical (unpaired) electrons. The minimum absolute atomic E-state index is 0.211. The number of aliphatic hydroxyl groups is 1. The number of carbonyl (C=O) groups is 1. The number of aromatic nitrogens is 1. The van der Waals surface area contributed by atoms with Gasteiger partial charge in [-0.15, -0.1) is 11.3 Å². The topological polar surface area (TPSA) is 74.2 Å². The van der Waals surface area contributed by atoms with E-state index in [4.69, 9.17) is 0 Å². The van der Waals surface area contributed by atoms with E-state index < -0.39 is 5.60 Å². The lowest BCUT2D eigenvalue weighted by atomic mass is 9.85. The molecule has 0 unspecified atom stereocenters. The van der Waals surface area contributed by atoms with Gasteiger partial charge in [0.25, 0.3) is 0 Å². The third-order valence-corrected chi connectivity index (χ3v) is 4.63. The Hall–Kier alpha value is -1.14. The molecular weight excluding hydrogens is 274 g/mol. The van der Waals surface area contributed by atoms with Gasteiger partial charge in [-0.3, -0.25) is 0 Å². The van der Waals surface area contributed by atoms with Crippen molar-refractivity contribution in [3.63, 3.8) is 0 Å². The van der Waals surface area contributed by atoms with Gasteiger partial charge in [0.05, 0.1) is 10.6 Å². The van der Waals surface area contributed by atoms with Crippen LogP contribution in [0, 0.1) is 6.92 Å². The number of aryl methyl sites for hydroxylation is 1. The molecule has 0 spiro atoms. The summed E-state index contributed by atoms with van der Waals surface area (Å²) in [6.07, 6.45) is 7.43. The van der Waals surface area contributed by atoms with Crippen molar-refractivity contribution in [2.75, 3.05) is 13.1 Å². The summed E-state index contributed by atoms with van der Waals surface area (Å²) in [4.78, 5) is 17.1. The SMILES string of the molecule is Cc1cnc(CCNC(=O)NCC2(O)CCCCC2)s1. The molecule has 5 nitrogen and oxygen atoms in total. The number of rotatable bonds is 5. The molecular formula is C14H23N3O2S. The number of amides is 2. The van der Waals surface area contributed by atoms with Crippen LogP contribution in [0.15, 0.2) is 6.20 Å². The normalized spacial score (nSPS) is 17.7. The molecule has 2 amide bonds. The summed E-state index contributed by atoms with van der Waals surface area (Å²) < 4.78 is 0. The maximum Gasteiger partial charge on any atom is 0.314 e. The lowest BCUT2D eigenvalue weighted by Crippen LogP contribution is -2.47. The summed E-state index contributed by atoms with van der Waals surface area (Å²) in [5, 5.41) is 16.9. The summed E-state index contributed by atoms with van der Waals surface area (Å²) in [5.41, 5.74) is -0.706. The molecule has 1 aromatic rings. The van der Waals surface area contributed by atoms with Gasteiger partial charge in [0.1, 0.15) is 0 Å². The Kier molecular flexibility index (Phi) is 5.37. The average molecular weight is 297 g/mol. The lowest BCUT2D eigenvalue weighted by Gasteiger charge is -2.32. The third-order valence-electron chi connectivity index (χ3n) is 3.66. The zero-order valence-corrected chi connectivity index (χ0v) is 12.8. The van der Waals surface area contributed by atoms with E-state index >= 15 is 0 Å². The van der Waals surface area contributed by atoms with Crippen LogP contribution < -0.4 is 10.6 Å². The molecule has 0 aromatic carbocycles. The molecule has 2 rings (SSSR count). The smallest absolute Gasteiger partial charge is 0.314 e. The monoisotopic (exact) mass is 297 g/mol. The average Bonchev–Trinajstić information content (AvgIpc) is 2.83. The van der Waals surface area contributed by atoms with Crippen molar-refractivity contribution in [3.05, 3.63) is 16.1 Å². The number of urea groups is 1. The summed E-state index contributed by atoms with van der Waals surface area (Å²) in [7, 11) is 0. The van der Waals surface area contributed by atoms with E-state index in [0.717, 1.165) is 37.1 Å². The van der Waals surface area contributed by atoms with Gasteiger partial charge in [-0.1, -0.05) is 19.3 Å². The van der Waals surface area contributed by atoms with Crippen molar-refractivity contribution in [2.24, 2.45) is 0 Å². The van der Waals surface area contributed by atoms with Crippen LogP contribution in [0.1, 0.15) is 42.0 Å². The first-order valence-electron chi connectivity index (χ1n) is 7.23. The Morgan fingerprint density at radius 1 is 1.40 bits per heavy atom. The van der Waals surface area contributed by atoms with E-state index in [-0.39, 0.29) is 6.03 Å². The van der Waals surface area contributed by atoms with E-state index in [2.05, 4.69) is 15.6 Å². The Labute approximate surface area is 123 Å². The van der Waals surface area contributed by atoms with E-state index in [1.807, 2.05) is 13.1 Å². The van der Waals surface area contributed by atoms with E-state index in [9.17, 15) is 9.90 Å². The molecule has 1 aromatic heterocycles. The molecule has 1 heterocycles. The number of carbonyl (C=O) groups excluding carboxylic acids is 1. The highest BCUT2D eigenvalue weighted by molar-refractivity contribution is 7.11. The number of thiazole rings is 1. The van der Waals surface area contributed by atoms with Crippen LogP contribution in [0.2, 0.25) is 0 Å². The van der Waals surface area contributed by atoms with E-state index in [0.29, 0.717) is 13.1 Å². The summed E-state index contributed by atoms with van der Waals surface area (Å²) in [6.45, 7) is 2.93. The highest BCUT2D eigenvalue weighted by Crippen LogP contribution is 2.27. The van der Waals surface area contributed by atoms with Crippen molar-refractivity contribution in [1.82, 2.24) is 15.6 Å². The molecule has 1 aliphatic carbocycles. The van der Waals surface area contributed by atoms with Crippen LogP contribution in [0.3, 0.4) is 0 Å². The van der Waals surface area contributed by atoms with Gasteiger partial charge in [-0.25, -0.2) is 9.78 Å². The highest BCUT2D eigenvalue weighted by Gasteiger charge is 2.29. The van der Waals surface area contributed by atoms with E-state index in [1.54, 1.807) is 11.3 Å². The van der Waals surface area contributed by atoms with Gasteiger partial charge < -0.3 is 15.7 Å². The minimum Gasteiger partial charge on any atom is -0.388 e. The number of hydrogen-bond acceptors (Lipinski definition) is 4. The van der Waals surface area contributed by atoms with Crippen molar-refractivity contribution < 1.29 is 9.90 Å². The Balaban J connectivity index is 1.62. The largest absolute Gasteiger partial charge is 0.388 e. The molecule has 0 atom stereocenters. The van der Waals surface area contributed by atoms with Crippen molar-refractivity contribution in [1.29, 1.82) is 0 Å². The zero-order chi connectivity index (χ0) is 14.4. The summed E-state index contributed by atoms with van der Waals surface area (Å²) in [6, 6.07) is -0.211. The van der Waals surface area contributed by atoms with Gasteiger partial charge in [0, 0.05) is 30.6 Å². The fourth-order valence-electron chi connectivity index (χ4n) is 2.49. The van der Waals surface area contributed by atoms with Crippen LogP contribution >= 0.6 is 11.3 Å². The van der Waals surface area contributed by atoms with Crippen LogP contribution in [0.25, 0.3) is 0 Å². The van der Waals surface area contributed by atoms with Gasteiger partial charge in [0.2, 0.25) is 0 Å². The number of nitrogens with zero attached hydrogens (tertiary/aromatic N) is 1. The van der Waals surface area contributed by atoms with Crippen LogP contribution in [-0.4, -0.2) is 34.8 Å². The first-order valence-corrected chi connectivity index (χ1v) is 8.04. The fraction of sp³-hybridized carbons (Fsp3) is 0.714. The predicted molar refractivity (Wildman–Crippen MR) is 80.0 cm³/mol. The maximum atomic E-state index is 11.7. The quantitative estimate of drug-likeness (QED) is 0.778. The molecule has 1 saturated carbocycles. The van der Waals surface area contributed by atoms with Gasteiger partial charge in [-0.05, 0) is 19.8 Å². The molecule has 0 bridgehead atoms. The lowest BCUT2D eigenvalue weighted by molar-refractivity contribution is 0.00720. The van der Waals surface area contributed by atoms with Crippen LogP contribution in [0.5, 0.6) is 0 Å². The molecule has 3 N–H and O–H groups in total. The van der Waals surface area contributed by atoms with Gasteiger partial charge >= 0.3 is 6.03 Å². The molecule has 0 aliphatic heterocycles. The molecule has 112 valence electrons. The van der Waals surface area contributed by atoms with Gasteiger partial charge in [0.15, 0.2) is 0 Å². The second kappa shape index (κ2) is 7.04. The number of hydrogen-bond donors (Lipinski definition) is 3. The zero-order valence-electron chi connectivity index (χ0n) is 11.9. The van der Waals surface area contributed by atoms with Crippen LogP contribution in [0.4, 0.5) is 4.79 Å². The van der Waals surface area contributed by atoms with Crippen LogP contribution in [-0.2, 0) is 6.42 Å². The number of nitrogens with one attached hydrogen (secondary N) is 2. The summed E-state index contributed by atoms with van der Waals surface area (Å²) >= 11 is 1.65. The minimum atomic E-state index is -0.706. The van der Waals surface area contributed by atoms with Crippen molar-refractivity contribution in [3.8, 4) is 0 Å². The molecule has 1 aliphatic rings. The summed E-state index contributed by atoms with van der Waals surface area (Å²) in [5.74, 6) is 0. The Morgan fingerprint density at radius 2 is 2.15 bits per heavy atom. The second-order valence-electron chi connectivity index (χ2n) is 5.51. The molecule has 0 saturated heterocycles. The molecule has 1 fully saturated rings.